The van der Waals surface area contributed by atoms with Crippen molar-refractivity contribution in [3.8, 4) is 0 Å². The Morgan fingerprint density at radius 1 is 0.765 bits per heavy atom. The third-order valence-corrected chi connectivity index (χ3v) is 5.67. The molecule has 0 amide bonds. The molecule has 0 fully saturated rings. The zero-order valence-electron chi connectivity index (χ0n) is 9.36. The fourth-order valence-electron chi connectivity index (χ4n) is 1.94. The third-order valence-electron chi connectivity index (χ3n) is 2.87. The second kappa shape index (κ2) is 5.07. The number of hydrogen-bond acceptors (Lipinski definition) is 4. The Kier molecular flexibility index (Phi) is 3.69. The Morgan fingerprint density at radius 2 is 1.18 bits per heavy atom. The van der Waals surface area contributed by atoms with Gasteiger partial charge in [0.05, 0.1) is 0 Å². The second-order valence-corrected chi connectivity index (χ2v) is 6.35. The van der Waals surface area contributed by atoms with E-state index in [1.54, 1.807) is 0 Å². The van der Waals surface area contributed by atoms with Crippen LogP contribution in [-0.2, 0) is 9.59 Å². The molecule has 0 aromatic heterocycles. The summed E-state index contributed by atoms with van der Waals surface area (Å²) in [5, 5.41) is 19.4. The van der Waals surface area contributed by atoms with Crippen molar-refractivity contribution in [2.45, 2.75) is 38.5 Å². The summed E-state index contributed by atoms with van der Waals surface area (Å²) in [6.45, 7) is 0. The van der Waals surface area contributed by atoms with Crippen LogP contribution in [0.5, 0.6) is 0 Å². The molecule has 0 saturated heterocycles. The number of aliphatic hydroxyl groups is 2. The van der Waals surface area contributed by atoms with Crippen LogP contribution < -0.4 is 0 Å². The summed E-state index contributed by atoms with van der Waals surface area (Å²) in [5.74, 6) is 0.0692. The third kappa shape index (κ3) is 2.61. The molecule has 0 spiro atoms. The van der Waals surface area contributed by atoms with Gasteiger partial charge in [-0.2, -0.15) is 0 Å². The molecule has 2 aliphatic rings. The molecule has 0 aromatic carbocycles. The minimum absolute atomic E-state index is 0.0765. The number of Topliss-reactive ketones (excluding diaryl/α,β-unsaturated/α-hetero) is 2. The van der Waals surface area contributed by atoms with Gasteiger partial charge in [0.2, 0.25) is 0 Å². The predicted octanol–water partition coefficient (Wildman–Crippen LogP) is 1.74. The minimum atomic E-state index is -0.539. The molecule has 2 N–H and O–H groups in total. The fourth-order valence-corrected chi connectivity index (χ4v) is 4.20. The summed E-state index contributed by atoms with van der Waals surface area (Å²) in [6, 6.07) is 0. The summed E-state index contributed by atoms with van der Waals surface area (Å²) in [7, 11) is 0. The van der Waals surface area contributed by atoms with E-state index in [4.69, 9.17) is 0 Å². The van der Waals surface area contributed by atoms with Gasteiger partial charge in [-0.3, -0.25) is 0 Å². The summed E-state index contributed by atoms with van der Waals surface area (Å²) in [5.41, 5.74) is 0. The summed E-state index contributed by atoms with van der Waals surface area (Å²) >= 11 is -0.539. The van der Waals surface area contributed by atoms with Crippen LogP contribution in [0.3, 0.4) is 0 Å². The van der Waals surface area contributed by atoms with Crippen molar-refractivity contribution in [1.82, 2.24) is 0 Å². The van der Waals surface area contributed by atoms with Gasteiger partial charge in [0.15, 0.2) is 0 Å². The molecule has 0 aliphatic heterocycles. The van der Waals surface area contributed by atoms with Crippen LogP contribution in [-0.4, -0.2) is 36.7 Å². The van der Waals surface area contributed by atoms with E-state index < -0.39 is 15.0 Å². The van der Waals surface area contributed by atoms with E-state index in [2.05, 4.69) is 0 Å². The first kappa shape index (κ1) is 12.4. The molecule has 2 rings (SSSR count). The van der Waals surface area contributed by atoms with Gasteiger partial charge in [-0.05, 0) is 0 Å². The van der Waals surface area contributed by atoms with Gasteiger partial charge in [0.25, 0.3) is 0 Å². The topological polar surface area (TPSA) is 74.6 Å². The first-order chi connectivity index (χ1) is 8.09. The molecule has 0 atom stereocenters. The van der Waals surface area contributed by atoms with Crippen molar-refractivity contribution >= 4 is 26.5 Å². The maximum absolute atomic E-state index is 11.7. The quantitative estimate of drug-likeness (QED) is 0.762. The van der Waals surface area contributed by atoms with Crippen LogP contribution in [0.1, 0.15) is 38.5 Å². The van der Waals surface area contributed by atoms with Crippen molar-refractivity contribution in [3.05, 3.63) is 20.5 Å². The summed E-state index contributed by atoms with van der Waals surface area (Å²) < 4.78 is 0.751. The molecule has 0 aromatic rings. The Labute approximate surface area is 106 Å². The maximum atomic E-state index is 11.7. The van der Waals surface area contributed by atoms with Crippen LogP contribution in [0, 0.1) is 0 Å². The summed E-state index contributed by atoms with van der Waals surface area (Å²) in [4.78, 5) is 23.3. The van der Waals surface area contributed by atoms with Crippen molar-refractivity contribution in [3.63, 3.8) is 0 Å². The van der Waals surface area contributed by atoms with E-state index in [1.807, 2.05) is 0 Å². The van der Waals surface area contributed by atoms with E-state index in [1.165, 1.54) is 0 Å². The van der Waals surface area contributed by atoms with Gasteiger partial charge in [0.1, 0.15) is 0 Å². The van der Waals surface area contributed by atoms with Gasteiger partial charge in [-0.1, -0.05) is 0 Å². The molecule has 5 heteroatoms. The Balaban J connectivity index is 2.26. The van der Waals surface area contributed by atoms with Crippen molar-refractivity contribution in [2.75, 3.05) is 0 Å². The Hall–Kier alpha value is -1.06. The average Bonchev–Trinajstić information content (AvgIpc) is 2.27. The molecule has 17 heavy (non-hydrogen) atoms. The van der Waals surface area contributed by atoms with Crippen LogP contribution in [0.25, 0.3) is 0 Å². The molecule has 0 unspecified atom stereocenters. The zero-order valence-corrected chi connectivity index (χ0v) is 11.1. The van der Waals surface area contributed by atoms with E-state index in [-0.39, 0.29) is 23.1 Å². The van der Waals surface area contributed by atoms with E-state index in [0.29, 0.717) is 47.5 Å². The fraction of sp³-hybridized carbons (Fsp3) is 0.500. The number of ketones is 2. The Morgan fingerprint density at radius 3 is 1.53 bits per heavy atom. The number of allylic oxidation sites excluding steroid dienone is 4. The first-order valence-corrected chi connectivity index (χ1v) is 7.39. The predicted molar refractivity (Wildman–Crippen MR) is 62.8 cm³/mol. The SMILES string of the molecule is O=C1CCCC(O)=C1[Se]C1=C(O)CCCC1=O. The molecule has 0 radical (unpaired) electrons. The molecule has 0 heterocycles. The van der Waals surface area contributed by atoms with Gasteiger partial charge in [-0.15, -0.1) is 0 Å². The average molecular weight is 301 g/mol. The van der Waals surface area contributed by atoms with Crippen molar-refractivity contribution in [2.24, 2.45) is 0 Å². The monoisotopic (exact) mass is 302 g/mol. The van der Waals surface area contributed by atoms with Crippen LogP contribution in [0.2, 0.25) is 0 Å². The van der Waals surface area contributed by atoms with Crippen molar-refractivity contribution in [1.29, 1.82) is 0 Å². The van der Waals surface area contributed by atoms with E-state index in [0.717, 1.165) is 0 Å². The molecule has 2 aliphatic carbocycles. The van der Waals surface area contributed by atoms with Crippen LogP contribution >= 0.6 is 0 Å². The molecular weight excluding hydrogens is 287 g/mol. The number of aliphatic hydroxyl groups excluding tert-OH is 2. The van der Waals surface area contributed by atoms with Crippen LogP contribution in [0.4, 0.5) is 0 Å². The van der Waals surface area contributed by atoms with E-state index in [9.17, 15) is 19.8 Å². The normalized spacial score (nSPS) is 22.4. The van der Waals surface area contributed by atoms with Gasteiger partial charge in [0, 0.05) is 0 Å². The number of hydrogen-bond donors (Lipinski definition) is 2. The van der Waals surface area contributed by atoms with E-state index >= 15 is 0 Å². The Bertz CT molecular complexity index is 394. The molecule has 92 valence electrons. The first-order valence-electron chi connectivity index (χ1n) is 5.68. The van der Waals surface area contributed by atoms with Crippen LogP contribution in [0.15, 0.2) is 20.5 Å². The molecule has 4 nitrogen and oxygen atoms in total. The van der Waals surface area contributed by atoms with Gasteiger partial charge >= 0.3 is 105 Å². The second-order valence-electron chi connectivity index (χ2n) is 4.21. The zero-order chi connectivity index (χ0) is 12.4. The molecular formula is C12H14O4Se. The van der Waals surface area contributed by atoms with Gasteiger partial charge in [-0.25, -0.2) is 0 Å². The molecule has 0 saturated carbocycles. The molecule has 0 bridgehead atoms. The van der Waals surface area contributed by atoms with Gasteiger partial charge < -0.3 is 0 Å². The standard InChI is InChI=1S/C12H14O4Se/c13-7-3-1-4-8(14)11(7)17-12-9(15)5-2-6-10(12)16/h13,15H,1-6H2. The number of carbonyl (C=O) groups is 2. The number of carbonyl (C=O) groups excluding carboxylic acids is 2. The summed E-state index contributed by atoms with van der Waals surface area (Å²) in [6.07, 6.45) is 3.22. The van der Waals surface area contributed by atoms with Crippen molar-refractivity contribution < 1.29 is 19.8 Å². The number of rotatable bonds is 2.